The lowest BCUT2D eigenvalue weighted by molar-refractivity contribution is -0.713. The topological polar surface area (TPSA) is 52.0 Å². The maximum Gasteiger partial charge on any atom is 0.358 e. The first-order valence-corrected chi connectivity index (χ1v) is 20.7. The van der Waals surface area contributed by atoms with E-state index in [-0.39, 0.29) is 0 Å². The zero-order chi connectivity index (χ0) is 21.7. The molecule has 29 heavy (non-hydrogen) atoms. The maximum absolute atomic E-state index is 6.70. The van der Waals surface area contributed by atoms with Crippen LogP contribution in [-0.2, 0) is 22.3 Å². The monoisotopic (exact) mass is 486 g/mol. The van der Waals surface area contributed by atoms with Gasteiger partial charge in [-0.05, 0) is 72.8 Å². The van der Waals surface area contributed by atoms with E-state index in [2.05, 4.69) is 58.4 Å². The van der Waals surface area contributed by atoms with Gasteiger partial charge < -0.3 is 8.23 Å². The van der Waals surface area contributed by atoms with Crippen LogP contribution in [0.4, 0.5) is 0 Å². The molecule has 0 unspecified atom stereocenters. The van der Waals surface area contributed by atoms with Crippen LogP contribution in [0.3, 0.4) is 0 Å². The quantitative estimate of drug-likeness (QED) is 0.222. The standard InChI is InChI=1S/C18H34N4O2S2Si3/c1-21-13-9-11-19-17(21)25-15-27(3,4)23-29(7,8)24-28(5,6)16-26-18-20-12-10-14-22(18)2/h9-14H,15-16H2,1-8H3/q+2. The normalized spacial score (nSPS) is 13.0. The van der Waals surface area contributed by atoms with Gasteiger partial charge in [-0.2, -0.15) is 0 Å². The van der Waals surface area contributed by atoms with Gasteiger partial charge >= 0.3 is 18.9 Å². The van der Waals surface area contributed by atoms with Gasteiger partial charge in [0.05, 0.1) is 26.5 Å². The molecule has 0 aromatic carbocycles. The summed E-state index contributed by atoms with van der Waals surface area (Å²) in [4.78, 5) is 8.93. The Morgan fingerprint density at radius 1 is 0.759 bits per heavy atom. The molecule has 0 aliphatic carbocycles. The van der Waals surface area contributed by atoms with Gasteiger partial charge in [-0.25, -0.2) is 9.13 Å². The van der Waals surface area contributed by atoms with Crippen LogP contribution in [0.5, 0.6) is 0 Å². The molecule has 0 atom stereocenters. The highest BCUT2D eigenvalue weighted by atomic mass is 32.2. The van der Waals surface area contributed by atoms with E-state index in [1.54, 1.807) is 23.5 Å². The van der Waals surface area contributed by atoms with E-state index in [0.29, 0.717) is 0 Å². The molecule has 2 aromatic heterocycles. The number of aryl methyl sites for hydroxylation is 2. The van der Waals surface area contributed by atoms with Crippen LogP contribution in [0.25, 0.3) is 0 Å². The second-order valence-corrected chi connectivity index (χ2v) is 23.8. The minimum Gasteiger partial charge on any atom is -0.436 e. The molecule has 0 aliphatic heterocycles. The average Bonchev–Trinajstić information content (AvgIpc) is 2.58. The fourth-order valence-electron chi connectivity index (χ4n) is 3.02. The molecule has 0 amide bonds. The van der Waals surface area contributed by atoms with E-state index in [4.69, 9.17) is 8.23 Å². The summed E-state index contributed by atoms with van der Waals surface area (Å²) in [7, 11) is -1.97. The van der Waals surface area contributed by atoms with Crippen molar-refractivity contribution in [3.63, 3.8) is 0 Å². The molecule has 0 bridgehead atoms. The SMILES string of the molecule is C[n+]1cccnc1SC[Si](C)(C)O[Si](C)(C)O[Si](C)(C)CSc1nccc[n+]1C. The minimum absolute atomic E-state index is 0.956. The summed E-state index contributed by atoms with van der Waals surface area (Å²) in [6, 6.07) is 3.89. The third-order valence-corrected chi connectivity index (χ3v) is 20.3. The molecule has 0 fully saturated rings. The van der Waals surface area contributed by atoms with Crippen LogP contribution in [0.2, 0.25) is 39.3 Å². The van der Waals surface area contributed by atoms with Gasteiger partial charge in [-0.3, -0.25) is 0 Å². The van der Waals surface area contributed by atoms with Gasteiger partial charge in [0.25, 0.3) is 0 Å². The second kappa shape index (κ2) is 10.2. The summed E-state index contributed by atoms with van der Waals surface area (Å²) in [5.74, 6) is 0. The van der Waals surface area contributed by atoms with Gasteiger partial charge in [0, 0.05) is 22.9 Å². The first-order chi connectivity index (χ1) is 13.4. The van der Waals surface area contributed by atoms with Crippen molar-refractivity contribution >= 4 is 48.7 Å². The highest BCUT2D eigenvalue weighted by molar-refractivity contribution is 8.00. The number of nitrogens with zero attached hydrogens (tertiary/aromatic N) is 4. The smallest absolute Gasteiger partial charge is 0.358 e. The Morgan fingerprint density at radius 2 is 1.14 bits per heavy atom. The van der Waals surface area contributed by atoms with E-state index in [0.717, 1.165) is 21.1 Å². The predicted molar refractivity (Wildman–Crippen MR) is 127 cm³/mol. The van der Waals surface area contributed by atoms with E-state index in [1.807, 2.05) is 51.0 Å². The Labute approximate surface area is 187 Å². The Bertz CT molecular complexity index is 760. The van der Waals surface area contributed by atoms with Crippen LogP contribution in [0.15, 0.2) is 47.2 Å². The Morgan fingerprint density at radius 3 is 1.48 bits per heavy atom. The van der Waals surface area contributed by atoms with E-state index in [1.165, 1.54) is 0 Å². The maximum atomic E-state index is 6.70. The largest absolute Gasteiger partial charge is 0.436 e. The van der Waals surface area contributed by atoms with Crippen molar-refractivity contribution in [1.82, 2.24) is 9.97 Å². The van der Waals surface area contributed by atoms with Crippen molar-refractivity contribution in [2.24, 2.45) is 14.1 Å². The lowest BCUT2D eigenvalue weighted by Gasteiger charge is -2.38. The Hall–Kier alpha value is -0.569. The van der Waals surface area contributed by atoms with Gasteiger partial charge in [0.15, 0.2) is 16.6 Å². The number of hydrogen-bond acceptors (Lipinski definition) is 6. The van der Waals surface area contributed by atoms with Crippen LogP contribution < -0.4 is 9.13 Å². The first-order valence-electron chi connectivity index (χ1n) is 9.66. The zero-order valence-corrected chi connectivity index (χ0v) is 23.4. The molecule has 11 heteroatoms. The van der Waals surface area contributed by atoms with Crippen LogP contribution in [0, 0.1) is 0 Å². The fourth-order valence-corrected chi connectivity index (χ4v) is 20.4. The van der Waals surface area contributed by atoms with Crippen molar-refractivity contribution in [2.45, 2.75) is 49.6 Å². The van der Waals surface area contributed by atoms with Gasteiger partial charge in [-0.15, -0.1) is 0 Å². The number of rotatable bonds is 10. The predicted octanol–water partition coefficient (Wildman–Crippen LogP) is 3.23. The van der Waals surface area contributed by atoms with Crippen molar-refractivity contribution in [1.29, 1.82) is 0 Å². The van der Waals surface area contributed by atoms with E-state index < -0.39 is 25.2 Å². The minimum atomic E-state index is -2.24. The molecule has 2 rings (SSSR count). The van der Waals surface area contributed by atoms with Gasteiger partial charge in [-0.1, -0.05) is 0 Å². The lowest BCUT2D eigenvalue weighted by atomic mass is 10.7. The molecule has 0 spiro atoms. The van der Waals surface area contributed by atoms with Crippen LogP contribution in [-0.4, -0.2) is 45.9 Å². The fraction of sp³-hybridized carbons (Fsp3) is 0.556. The van der Waals surface area contributed by atoms with E-state index in [9.17, 15) is 0 Å². The molecule has 6 nitrogen and oxygen atoms in total. The highest BCUT2D eigenvalue weighted by Crippen LogP contribution is 2.26. The van der Waals surface area contributed by atoms with Crippen LogP contribution in [0.1, 0.15) is 0 Å². The molecule has 160 valence electrons. The molecule has 0 saturated carbocycles. The summed E-state index contributed by atoms with van der Waals surface area (Å²) in [6.45, 7) is 13.5. The van der Waals surface area contributed by atoms with Gasteiger partial charge in [0.1, 0.15) is 12.4 Å². The molecule has 0 radical (unpaired) electrons. The average molecular weight is 487 g/mol. The first kappa shape index (κ1) is 24.7. The number of aromatic nitrogens is 4. The molecule has 2 heterocycles. The Balaban J connectivity index is 1.92. The second-order valence-electron chi connectivity index (χ2n) is 8.73. The number of hydrogen-bond donors (Lipinski definition) is 0. The molecule has 0 saturated heterocycles. The third kappa shape index (κ3) is 8.60. The zero-order valence-electron chi connectivity index (χ0n) is 18.8. The van der Waals surface area contributed by atoms with Crippen molar-refractivity contribution < 1.29 is 17.4 Å². The summed E-state index contributed by atoms with van der Waals surface area (Å²) < 4.78 is 17.5. The summed E-state index contributed by atoms with van der Waals surface area (Å²) in [5, 5.41) is 3.95. The van der Waals surface area contributed by atoms with E-state index >= 15 is 0 Å². The summed E-state index contributed by atoms with van der Waals surface area (Å²) >= 11 is 3.55. The van der Waals surface area contributed by atoms with Crippen LogP contribution >= 0.6 is 23.5 Å². The lowest BCUT2D eigenvalue weighted by Crippen LogP contribution is -2.54. The summed E-state index contributed by atoms with van der Waals surface area (Å²) in [5.41, 5.74) is 0. The molecular weight excluding hydrogens is 453 g/mol. The molecule has 0 N–H and O–H groups in total. The van der Waals surface area contributed by atoms with Crippen molar-refractivity contribution in [2.75, 3.05) is 10.8 Å². The van der Waals surface area contributed by atoms with Crippen molar-refractivity contribution in [3.05, 3.63) is 36.9 Å². The molecular formula is C18H34N4O2S2Si3+2. The molecule has 0 aliphatic rings. The summed E-state index contributed by atoms with van der Waals surface area (Å²) in [6.07, 6.45) is 7.74. The van der Waals surface area contributed by atoms with Gasteiger partial charge in [0.2, 0.25) is 0 Å². The third-order valence-electron chi connectivity index (χ3n) is 3.91. The Kier molecular flexibility index (Phi) is 8.65. The highest BCUT2D eigenvalue weighted by Gasteiger charge is 2.40. The molecule has 2 aromatic rings. The van der Waals surface area contributed by atoms with Crippen molar-refractivity contribution in [3.8, 4) is 0 Å². The number of thioether (sulfide) groups is 2.